The van der Waals surface area contributed by atoms with Gasteiger partial charge in [-0.3, -0.25) is 4.79 Å². The number of esters is 2. The topological polar surface area (TPSA) is 94.8 Å². The molecule has 0 atom stereocenters. The highest BCUT2D eigenvalue weighted by Crippen LogP contribution is 2.20. The van der Waals surface area contributed by atoms with E-state index in [-0.39, 0.29) is 29.4 Å². The number of anilines is 1. The molecule has 0 spiro atoms. The second kappa shape index (κ2) is 8.33. The smallest absolute Gasteiger partial charge is 0.341 e. The van der Waals surface area contributed by atoms with Crippen molar-refractivity contribution in [1.82, 2.24) is 0 Å². The van der Waals surface area contributed by atoms with Crippen LogP contribution in [0.3, 0.4) is 0 Å². The van der Waals surface area contributed by atoms with Gasteiger partial charge in [0.1, 0.15) is 5.56 Å². The number of para-hydroxylation sites is 1. The van der Waals surface area contributed by atoms with Crippen LogP contribution in [0, 0.1) is 0 Å². The molecule has 1 N–H and O–H groups in total. The summed E-state index contributed by atoms with van der Waals surface area (Å²) in [7, 11) is 1.25. The summed E-state index contributed by atoms with van der Waals surface area (Å²) in [5.41, 5.74) is 1.20. The van der Waals surface area contributed by atoms with Crippen LogP contribution in [0.5, 0.6) is 0 Å². The van der Waals surface area contributed by atoms with Crippen LogP contribution < -0.4 is 5.32 Å². The fourth-order valence-corrected chi connectivity index (χ4v) is 2.95. The fraction of sp³-hybridized carbons (Fsp3) is 0.105. The van der Waals surface area contributed by atoms with E-state index in [1.54, 1.807) is 35.0 Å². The number of rotatable bonds is 6. The fourth-order valence-electron chi connectivity index (χ4n) is 2.31. The molecular formula is C19H15NO6S. The molecule has 8 heteroatoms. The monoisotopic (exact) mass is 385 g/mol. The third-order valence-corrected chi connectivity index (χ3v) is 4.35. The van der Waals surface area contributed by atoms with Gasteiger partial charge in [0.15, 0.2) is 12.4 Å². The molecule has 0 bridgehead atoms. The van der Waals surface area contributed by atoms with Crippen LogP contribution in [0.4, 0.5) is 5.69 Å². The Kier molecular flexibility index (Phi) is 5.68. The summed E-state index contributed by atoms with van der Waals surface area (Å²) in [5.74, 6) is -1.40. The maximum atomic E-state index is 12.5. The molecular weight excluding hydrogens is 370 g/mol. The third kappa shape index (κ3) is 4.24. The Morgan fingerprint density at radius 2 is 1.89 bits per heavy atom. The summed E-state index contributed by atoms with van der Waals surface area (Å²) < 4.78 is 15.0. The molecule has 0 aliphatic heterocycles. The van der Waals surface area contributed by atoms with Crippen LogP contribution in [0.1, 0.15) is 36.8 Å². The molecule has 2 heterocycles. The summed E-state index contributed by atoms with van der Waals surface area (Å²) in [6.07, 6.45) is 1.31. The zero-order valence-corrected chi connectivity index (χ0v) is 15.1. The molecule has 3 aromatic rings. The van der Waals surface area contributed by atoms with Crippen molar-refractivity contribution in [3.63, 3.8) is 0 Å². The predicted molar refractivity (Wildman–Crippen MR) is 97.9 cm³/mol. The SMILES string of the molecule is COC(=O)c1ccoc1COC(=O)c1ccccc1NC(=O)c1ccsc1. The average Bonchev–Trinajstić information content (AvgIpc) is 3.37. The van der Waals surface area contributed by atoms with Gasteiger partial charge in [-0.05, 0) is 29.6 Å². The second-order valence-corrected chi connectivity index (χ2v) is 6.12. The standard InChI is InChI=1S/C19H15NO6S/c1-24-18(22)14-6-8-25-16(14)10-26-19(23)13-4-2-3-5-15(13)20-17(21)12-7-9-27-11-12/h2-9,11H,10H2,1H3,(H,20,21). The van der Waals surface area contributed by atoms with Gasteiger partial charge in [0.05, 0.1) is 30.2 Å². The van der Waals surface area contributed by atoms with Crippen LogP contribution in [-0.4, -0.2) is 25.0 Å². The van der Waals surface area contributed by atoms with E-state index in [2.05, 4.69) is 10.1 Å². The van der Waals surface area contributed by atoms with E-state index in [4.69, 9.17) is 9.15 Å². The van der Waals surface area contributed by atoms with Gasteiger partial charge in [-0.2, -0.15) is 11.3 Å². The van der Waals surface area contributed by atoms with Gasteiger partial charge in [-0.15, -0.1) is 0 Å². The van der Waals surface area contributed by atoms with Gasteiger partial charge < -0.3 is 19.2 Å². The summed E-state index contributed by atoms with van der Waals surface area (Å²) in [5, 5.41) is 6.19. The first-order valence-corrected chi connectivity index (χ1v) is 8.79. The Labute approximate surface area is 158 Å². The van der Waals surface area contributed by atoms with E-state index in [1.165, 1.54) is 36.8 Å². The van der Waals surface area contributed by atoms with E-state index < -0.39 is 11.9 Å². The zero-order chi connectivity index (χ0) is 19.2. The highest BCUT2D eigenvalue weighted by Gasteiger charge is 2.19. The Hall–Kier alpha value is -3.39. The van der Waals surface area contributed by atoms with Crippen LogP contribution in [-0.2, 0) is 16.1 Å². The Morgan fingerprint density at radius 1 is 1.07 bits per heavy atom. The summed E-state index contributed by atoms with van der Waals surface area (Å²) in [6, 6.07) is 9.62. The summed E-state index contributed by atoms with van der Waals surface area (Å²) in [4.78, 5) is 36.3. The molecule has 0 aliphatic rings. The van der Waals surface area contributed by atoms with Gasteiger partial charge in [0.2, 0.25) is 0 Å². The second-order valence-electron chi connectivity index (χ2n) is 5.34. The number of hydrogen-bond acceptors (Lipinski definition) is 7. The minimum absolute atomic E-state index is 0.176. The number of thiophene rings is 1. The summed E-state index contributed by atoms with van der Waals surface area (Å²) >= 11 is 1.40. The number of carbonyl (C=O) groups excluding carboxylic acids is 3. The van der Waals surface area contributed by atoms with Crippen molar-refractivity contribution < 1.29 is 28.3 Å². The molecule has 0 fully saturated rings. The van der Waals surface area contributed by atoms with Crippen molar-refractivity contribution in [2.24, 2.45) is 0 Å². The Morgan fingerprint density at radius 3 is 2.63 bits per heavy atom. The number of ether oxygens (including phenoxy) is 2. The highest BCUT2D eigenvalue weighted by atomic mass is 32.1. The lowest BCUT2D eigenvalue weighted by Crippen LogP contribution is -2.15. The number of amides is 1. The predicted octanol–water partition coefficient (Wildman–Crippen LogP) is 3.74. The zero-order valence-electron chi connectivity index (χ0n) is 14.3. The Bertz CT molecular complexity index is 960. The van der Waals surface area contributed by atoms with Crippen molar-refractivity contribution in [1.29, 1.82) is 0 Å². The quantitative estimate of drug-likeness (QED) is 0.650. The van der Waals surface area contributed by atoms with E-state index in [9.17, 15) is 14.4 Å². The molecule has 0 saturated heterocycles. The number of furan rings is 1. The molecule has 27 heavy (non-hydrogen) atoms. The van der Waals surface area contributed by atoms with E-state index in [0.717, 1.165) is 0 Å². The van der Waals surface area contributed by atoms with Crippen molar-refractivity contribution in [2.45, 2.75) is 6.61 Å². The van der Waals surface area contributed by atoms with E-state index >= 15 is 0 Å². The van der Waals surface area contributed by atoms with Crippen molar-refractivity contribution in [3.8, 4) is 0 Å². The first-order valence-electron chi connectivity index (χ1n) is 7.84. The molecule has 138 valence electrons. The lowest BCUT2D eigenvalue weighted by atomic mass is 10.1. The average molecular weight is 385 g/mol. The van der Waals surface area contributed by atoms with Crippen molar-refractivity contribution >= 4 is 34.9 Å². The molecule has 7 nitrogen and oxygen atoms in total. The normalized spacial score (nSPS) is 10.3. The van der Waals surface area contributed by atoms with Crippen LogP contribution in [0.2, 0.25) is 0 Å². The number of benzene rings is 1. The van der Waals surface area contributed by atoms with Gasteiger partial charge in [0, 0.05) is 5.38 Å². The van der Waals surface area contributed by atoms with Crippen molar-refractivity contribution in [2.75, 3.05) is 12.4 Å². The first-order chi connectivity index (χ1) is 13.1. The minimum Gasteiger partial charge on any atom is -0.465 e. The molecule has 0 aliphatic carbocycles. The van der Waals surface area contributed by atoms with Crippen LogP contribution in [0.25, 0.3) is 0 Å². The number of nitrogens with one attached hydrogen (secondary N) is 1. The molecule has 0 unspecified atom stereocenters. The van der Waals surface area contributed by atoms with Gasteiger partial charge in [-0.1, -0.05) is 12.1 Å². The maximum Gasteiger partial charge on any atom is 0.341 e. The van der Waals surface area contributed by atoms with Crippen LogP contribution in [0.15, 0.2) is 57.8 Å². The van der Waals surface area contributed by atoms with Gasteiger partial charge in [0.25, 0.3) is 5.91 Å². The number of hydrogen-bond donors (Lipinski definition) is 1. The minimum atomic E-state index is -0.663. The molecule has 2 aromatic heterocycles. The first kappa shape index (κ1) is 18.4. The lowest BCUT2D eigenvalue weighted by Gasteiger charge is -2.10. The molecule has 0 radical (unpaired) electrons. The molecule has 3 rings (SSSR count). The Balaban J connectivity index is 1.71. The third-order valence-electron chi connectivity index (χ3n) is 3.66. The molecule has 0 saturated carbocycles. The molecule has 1 amide bonds. The van der Waals surface area contributed by atoms with Crippen LogP contribution >= 0.6 is 11.3 Å². The van der Waals surface area contributed by atoms with E-state index in [0.29, 0.717) is 11.3 Å². The van der Waals surface area contributed by atoms with E-state index in [1.807, 2.05) is 0 Å². The lowest BCUT2D eigenvalue weighted by molar-refractivity contribution is 0.0433. The van der Waals surface area contributed by atoms with Gasteiger partial charge >= 0.3 is 11.9 Å². The van der Waals surface area contributed by atoms with Gasteiger partial charge in [-0.25, -0.2) is 9.59 Å². The summed E-state index contributed by atoms with van der Waals surface area (Å²) in [6.45, 7) is -0.247. The molecule has 1 aromatic carbocycles. The number of carbonyl (C=O) groups is 3. The van der Waals surface area contributed by atoms with Crippen molar-refractivity contribution in [3.05, 3.63) is 75.9 Å². The number of methoxy groups -OCH3 is 1. The largest absolute Gasteiger partial charge is 0.465 e. The highest BCUT2D eigenvalue weighted by molar-refractivity contribution is 7.08. The maximum absolute atomic E-state index is 12.5.